The van der Waals surface area contributed by atoms with Crippen LogP contribution in [0.4, 0.5) is 5.82 Å². The van der Waals surface area contributed by atoms with Crippen LogP contribution < -0.4 is 4.90 Å². The number of likely N-dealkylation sites (N-methyl/N-ethyl adjacent to an activating group) is 1. The van der Waals surface area contributed by atoms with Crippen LogP contribution in [0.5, 0.6) is 0 Å². The van der Waals surface area contributed by atoms with Crippen molar-refractivity contribution in [3.63, 3.8) is 0 Å². The first-order chi connectivity index (χ1) is 9.70. The van der Waals surface area contributed by atoms with E-state index in [9.17, 15) is 0 Å². The van der Waals surface area contributed by atoms with E-state index in [0.717, 1.165) is 22.5 Å². The van der Waals surface area contributed by atoms with Crippen molar-refractivity contribution < 1.29 is 0 Å². The van der Waals surface area contributed by atoms with E-state index in [1.54, 1.807) is 11.3 Å². The molecule has 0 saturated heterocycles. The largest absolute Gasteiger partial charge is 0.355 e. The molecule has 0 fully saturated rings. The molecule has 6 heteroatoms. The van der Waals surface area contributed by atoms with E-state index in [1.807, 2.05) is 11.3 Å². The summed E-state index contributed by atoms with van der Waals surface area (Å²) in [7, 11) is 2.14. The molecule has 3 aromatic heterocycles. The number of halogens is 1. The summed E-state index contributed by atoms with van der Waals surface area (Å²) >= 11 is 7.09. The molecule has 0 N–H and O–H groups in total. The Kier molecular flexibility index (Phi) is 4.14. The van der Waals surface area contributed by atoms with Crippen LogP contribution in [0.25, 0.3) is 4.96 Å². The Hall–Kier alpha value is -0.850. The maximum atomic E-state index is 4.77. The molecule has 3 aromatic rings. The van der Waals surface area contributed by atoms with Gasteiger partial charge in [-0.3, -0.25) is 4.40 Å². The Morgan fingerprint density at radius 3 is 2.95 bits per heavy atom. The van der Waals surface area contributed by atoms with Crippen LogP contribution in [0.3, 0.4) is 0 Å². The average Bonchev–Trinajstić information content (AvgIpc) is 3.13. The van der Waals surface area contributed by atoms with Crippen molar-refractivity contribution in [1.82, 2.24) is 9.38 Å². The zero-order valence-electron chi connectivity index (χ0n) is 11.4. The van der Waals surface area contributed by atoms with Crippen LogP contribution >= 0.6 is 38.6 Å². The van der Waals surface area contributed by atoms with Crippen LogP contribution in [0.15, 0.2) is 29.1 Å². The fourth-order valence-electron chi connectivity index (χ4n) is 2.29. The van der Waals surface area contributed by atoms with E-state index in [-0.39, 0.29) is 0 Å². The minimum Gasteiger partial charge on any atom is -0.355 e. The van der Waals surface area contributed by atoms with Crippen LogP contribution in [-0.2, 0) is 11.8 Å². The highest BCUT2D eigenvalue weighted by Crippen LogP contribution is 2.28. The topological polar surface area (TPSA) is 20.5 Å². The van der Waals surface area contributed by atoms with Crippen molar-refractivity contribution in [1.29, 1.82) is 0 Å². The van der Waals surface area contributed by atoms with Crippen LogP contribution in [0, 0.1) is 0 Å². The average molecular weight is 370 g/mol. The van der Waals surface area contributed by atoms with Crippen molar-refractivity contribution >= 4 is 49.4 Å². The van der Waals surface area contributed by atoms with Gasteiger partial charge in [0.1, 0.15) is 0 Å². The number of anilines is 1. The molecule has 20 heavy (non-hydrogen) atoms. The SMILES string of the molecule is CC(Cc1cccs1)N(C)c1nc2sccn2c1CBr. The van der Waals surface area contributed by atoms with E-state index in [4.69, 9.17) is 4.98 Å². The normalized spacial score (nSPS) is 12.9. The first-order valence-electron chi connectivity index (χ1n) is 6.46. The van der Waals surface area contributed by atoms with Gasteiger partial charge in [0.05, 0.1) is 5.69 Å². The maximum Gasteiger partial charge on any atom is 0.195 e. The highest BCUT2D eigenvalue weighted by atomic mass is 79.9. The summed E-state index contributed by atoms with van der Waals surface area (Å²) in [4.78, 5) is 9.54. The minimum atomic E-state index is 0.427. The molecule has 1 atom stereocenters. The Labute approximate surface area is 135 Å². The molecule has 0 aliphatic carbocycles. The molecule has 0 aromatic carbocycles. The summed E-state index contributed by atoms with van der Waals surface area (Å²) in [5.74, 6) is 1.08. The van der Waals surface area contributed by atoms with Gasteiger partial charge >= 0.3 is 0 Å². The number of imidazole rings is 1. The lowest BCUT2D eigenvalue weighted by molar-refractivity contribution is 0.680. The second-order valence-electron chi connectivity index (χ2n) is 4.81. The number of thiophene rings is 1. The van der Waals surface area contributed by atoms with Gasteiger partial charge in [-0.2, -0.15) is 0 Å². The lowest BCUT2D eigenvalue weighted by atomic mass is 10.2. The lowest BCUT2D eigenvalue weighted by Gasteiger charge is -2.25. The number of hydrogen-bond donors (Lipinski definition) is 0. The predicted octanol–water partition coefficient (Wildman–Crippen LogP) is 4.42. The van der Waals surface area contributed by atoms with Gasteiger partial charge in [-0.05, 0) is 18.4 Å². The predicted molar refractivity (Wildman–Crippen MR) is 91.6 cm³/mol. The first kappa shape index (κ1) is 14.1. The van der Waals surface area contributed by atoms with Gasteiger partial charge < -0.3 is 4.90 Å². The van der Waals surface area contributed by atoms with Gasteiger partial charge in [0, 0.05) is 41.3 Å². The molecule has 0 aliphatic rings. The molecule has 0 saturated carbocycles. The Bertz CT molecular complexity index is 686. The van der Waals surface area contributed by atoms with E-state index in [1.165, 1.54) is 10.6 Å². The molecule has 0 radical (unpaired) electrons. The van der Waals surface area contributed by atoms with Crippen molar-refractivity contribution in [3.8, 4) is 0 Å². The molecule has 3 heterocycles. The molecule has 0 amide bonds. The van der Waals surface area contributed by atoms with Crippen molar-refractivity contribution in [2.24, 2.45) is 0 Å². The van der Waals surface area contributed by atoms with Gasteiger partial charge in [-0.15, -0.1) is 22.7 Å². The molecule has 0 spiro atoms. The number of nitrogens with zero attached hydrogens (tertiary/aromatic N) is 3. The van der Waals surface area contributed by atoms with Crippen LogP contribution in [0.1, 0.15) is 17.5 Å². The molecular weight excluding hydrogens is 354 g/mol. The van der Waals surface area contributed by atoms with E-state index in [0.29, 0.717) is 6.04 Å². The number of rotatable bonds is 5. The van der Waals surface area contributed by atoms with Crippen molar-refractivity contribution in [3.05, 3.63) is 39.7 Å². The molecule has 3 rings (SSSR count). The Balaban J connectivity index is 1.87. The van der Waals surface area contributed by atoms with Crippen molar-refractivity contribution in [2.75, 3.05) is 11.9 Å². The maximum absolute atomic E-state index is 4.77. The molecular formula is C14H16BrN3S2. The summed E-state index contributed by atoms with van der Waals surface area (Å²) in [6.07, 6.45) is 3.14. The third-order valence-corrected chi connectivity index (χ3v) is 5.72. The molecule has 0 bridgehead atoms. The van der Waals surface area contributed by atoms with Crippen LogP contribution in [-0.4, -0.2) is 22.5 Å². The minimum absolute atomic E-state index is 0.427. The fraction of sp³-hybridized carbons (Fsp3) is 0.357. The second kappa shape index (κ2) is 5.87. The zero-order valence-corrected chi connectivity index (χ0v) is 14.6. The number of fused-ring (bicyclic) bond motifs is 1. The standard InChI is InChI=1S/C14H16BrN3S2/c1-10(8-11-4-3-6-19-11)17(2)13-12(9-15)18-5-7-20-14(18)16-13/h3-7,10H,8-9H2,1-2H3. The number of hydrogen-bond acceptors (Lipinski definition) is 4. The smallest absolute Gasteiger partial charge is 0.195 e. The van der Waals surface area contributed by atoms with Gasteiger partial charge in [0.15, 0.2) is 10.8 Å². The van der Waals surface area contributed by atoms with Gasteiger partial charge in [0.25, 0.3) is 0 Å². The van der Waals surface area contributed by atoms with E-state index in [2.05, 4.69) is 68.3 Å². The lowest BCUT2D eigenvalue weighted by Crippen LogP contribution is -2.31. The quantitative estimate of drug-likeness (QED) is 0.620. The Morgan fingerprint density at radius 1 is 1.40 bits per heavy atom. The monoisotopic (exact) mass is 369 g/mol. The number of thiazole rings is 1. The first-order valence-corrected chi connectivity index (χ1v) is 9.34. The molecule has 1 unspecified atom stereocenters. The van der Waals surface area contributed by atoms with E-state index >= 15 is 0 Å². The summed E-state index contributed by atoms with van der Waals surface area (Å²) < 4.78 is 2.17. The van der Waals surface area contributed by atoms with Crippen LogP contribution in [0.2, 0.25) is 0 Å². The molecule has 0 aliphatic heterocycles. The highest BCUT2D eigenvalue weighted by molar-refractivity contribution is 9.08. The third kappa shape index (κ3) is 2.52. The molecule has 3 nitrogen and oxygen atoms in total. The number of alkyl halides is 1. The number of aromatic nitrogens is 2. The zero-order chi connectivity index (χ0) is 14.1. The van der Waals surface area contributed by atoms with Gasteiger partial charge in [-0.25, -0.2) is 4.98 Å². The molecule has 106 valence electrons. The van der Waals surface area contributed by atoms with Gasteiger partial charge in [0.2, 0.25) is 0 Å². The summed E-state index contributed by atoms with van der Waals surface area (Å²) in [6.45, 7) is 2.26. The highest BCUT2D eigenvalue weighted by Gasteiger charge is 2.19. The van der Waals surface area contributed by atoms with Crippen molar-refractivity contribution in [2.45, 2.75) is 24.7 Å². The second-order valence-corrected chi connectivity index (χ2v) is 7.28. The van der Waals surface area contributed by atoms with Gasteiger partial charge in [-0.1, -0.05) is 22.0 Å². The Morgan fingerprint density at radius 2 is 2.25 bits per heavy atom. The summed E-state index contributed by atoms with van der Waals surface area (Å²) in [5.41, 5.74) is 1.22. The fourth-order valence-corrected chi connectivity index (χ4v) is 4.37. The summed E-state index contributed by atoms with van der Waals surface area (Å²) in [5, 5.41) is 5.03. The summed E-state index contributed by atoms with van der Waals surface area (Å²) in [6, 6.07) is 4.74. The van der Waals surface area contributed by atoms with E-state index < -0.39 is 0 Å². The third-order valence-electron chi connectivity index (χ3n) is 3.54.